The molecule has 0 unspecified atom stereocenters. The number of hydrogen-bond donors (Lipinski definition) is 1. The Balaban J connectivity index is 1.47. The van der Waals surface area contributed by atoms with E-state index in [4.69, 9.17) is 9.97 Å². The number of halogens is 1. The Labute approximate surface area is 184 Å². The molecular weight excluding hydrogens is 433 g/mol. The fourth-order valence-electron chi connectivity index (χ4n) is 3.47. The van der Waals surface area contributed by atoms with Crippen LogP contribution in [0.3, 0.4) is 0 Å². The van der Waals surface area contributed by atoms with Gasteiger partial charge in [0.1, 0.15) is 5.65 Å². The Morgan fingerprint density at radius 1 is 1.06 bits per heavy atom. The number of nitro groups is 1. The van der Waals surface area contributed by atoms with Crippen molar-refractivity contribution in [3.8, 4) is 0 Å². The van der Waals surface area contributed by atoms with Gasteiger partial charge in [-0.1, -0.05) is 36.0 Å². The third kappa shape index (κ3) is 3.50. The second-order valence-electron chi connectivity index (χ2n) is 6.93. The summed E-state index contributed by atoms with van der Waals surface area (Å²) in [6.07, 6.45) is 0. The Morgan fingerprint density at radius 2 is 1.81 bits per heavy atom. The number of anilines is 1. The molecule has 158 valence electrons. The largest absolute Gasteiger partial charge is 0.325 e. The molecule has 8 nitrogen and oxygen atoms in total. The smallest absolute Gasteiger partial charge is 0.306 e. The summed E-state index contributed by atoms with van der Waals surface area (Å²) in [4.78, 5) is 32.1. The van der Waals surface area contributed by atoms with Crippen molar-refractivity contribution in [3.63, 3.8) is 0 Å². The van der Waals surface area contributed by atoms with Crippen molar-refractivity contribution in [1.82, 2.24) is 14.4 Å². The van der Waals surface area contributed by atoms with Gasteiger partial charge in [-0.3, -0.25) is 19.3 Å². The molecule has 2 heterocycles. The van der Waals surface area contributed by atoms with Crippen LogP contribution in [0, 0.1) is 15.9 Å². The standard InChI is InChI=1S/C22H14FN5O3S/c23-15-10-9-13(11-19(15)28(30)31)24-20(29)12-32-22-26-16-6-2-1-5-14(16)21-25-17-7-3-4-8-18(17)27(21)22/h1-11H,12H2,(H,24,29). The number of fused-ring (bicyclic) bond motifs is 5. The van der Waals surface area contributed by atoms with Gasteiger partial charge in [-0.2, -0.15) is 4.39 Å². The lowest BCUT2D eigenvalue weighted by molar-refractivity contribution is -0.387. The van der Waals surface area contributed by atoms with Crippen molar-refractivity contribution in [3.05, 3.63) is 82.7 Å². The molecule has 3 aromatic carbocycles. The summed E-state index contributed by atoms with van der Waals surface area (Å²) in [5.74, 6) is -1.36. The number of nitrogens with zero attached hydrogens (tertiary/aromatic N) is 4. The fraction of sp³-hybridized carbons (Fsp3) is 0.0455. The van der Waals surface area contributed by atoms with Crippen molar-refractivity contribution >= 4 is 56.6 Å². The lowest BCUT2D eigenvalue weighted by atomic mass is 10.2. The topological polar surface area (TPSA) is 102 Å². The Morgan fingerprint density at radius 3 is 2.62 bits per heavy atom. The number of aromatic nitrogens is 3. The number of carbonyl (C=O) groups is 1. The van der Waals surface area contributed by atoms with Crippen molar-refractivity contribution in [2.24, 2.45) is 0 Å². The zero-order valence-corrected chi connectivity index (χ0v) is 17.2. The van der Waals surface area contributed by atoms with Crippen molar-refractivity contribution in [2.75, 3.05) is 11.1 Å². The van der Waals surface area contributed by atoms with Gasteiger partial charge < -0.3 is 5.32 Å². The van der Waals surface area contributed by atoms with E-state index in [9.17, 15) is 19.3 Å². The van der Waals surface area contributed by atoms with Crippen LogP contribution in [-0.2, 0) is 4.79 Å². The van der Waals surface area contributed by atoms with Crippen LogP contribution in [0.2, 0.25) is 0 Å². The second-order valence-corrected chi connectivity index (χ2v) is 7.87. The van der Waals surface area contributed by atoms with E-state index in [-0.39, 0.29) is 11.4 Å². The molecule has 2 aromatic heterocycles. The number of benzene rings is 3. The molecule has 0 saturated carbocycles. The van der Waals surface area contributed by atoms with Crippen LogP contribution in [-0.4, -0.2) is 31.0 Å². The van der Waals surface area contributed by atoms with Gasteiger partial charge >= 0.3 is 5.69 Å². The molecule has 0 aliphatic rings. The molecule has 0 fully saturated rings. The van der Waals surface area contributed by atoms with E-state index < -0.39 is 22.3 Å². The highest BCUT2D eigenvalue weighted by molar-refractivity contribution is 7.99. The van der Waals surface area contributed by atoms with E-state index in [1.807, 2.05) is 52.9 Å². The molecule has 0 aliphatic carbocycles. The number of hydrogen-bond acceptors (Lipinski definition) is 6. The summed E-state index contributed by atoms with van der Waals surface area (Å²) in [6, 6.07) is 18.5. The highest BCUT2D eigenvalue weighted by Crippen LogP contribution is 2.29. The van der Waals surface area contributed by atoms with Crippen molar-refractivity contribution < 1.29 is 14.1 Å². The van der Waals surface area contributed by atoms with E-state index in [1.54, 1.807) is 0 Å². The van der Waals surface area contributed by atoms with Gasteiger partial charge in [0.05, 0.1) is 27.2 Å². The monoisotopic (exact) mass is 447 g/mol. The summed E-state index contributed by atoms with van der Waals surface area (Å²) in [5, 5.41) is 15.0. The summed E-state index contributed by atoms with van der Waals surface area (Å²) < 4.78 is 15.4. The van der Waals surface area contributed by atoms with Crippen LogP contribution >= 0.6 is 11.8 Å². The van der Waals surface area contributed by atoms with E-state index in [0.717, 1.165) is 39.7 Å². The van der Waals surface area contributed by atoms with Gasteiger partial charge in [-0.05, 0) is 36.4 Å². The normalized spacial score (nSPS) is 11.3. The average Bonchev–Trinajstić information content (AvgIpc) is 3.19. The molecule has 1 amide bonds. The number of para-hydroxylation sites is 3. The van der Waals surface area contributed by atoms with Crippen LogP contribution in [0.25, 0.3) is 27.6 Å². The Bertz CT molecular complexity index is 1530. The Kier molecular flexibility index (Phi) is 4.91. The molecule has 1 N–H and O–H groups in total. The summed E-state index contributed by atoms with van der Waals surface area (Å²) in [7, 11) is 0. The molecule has 0 saturated heterocycles. The fourth-order valence-corrected chi connectivity index (χ4v) is 4.28. The lowest BCUT2D eigenvalue weighted by Crippen LogP contribution is -2.15. The molecule has 10 heteroatoms. The first-order valence-electron chi connectivity index (χ1n) is 9.54. The predicted molar refractivity (Wildman–Crippen MR) is 120 cm³/mol. The van der Waals surface area contributed by atoms with Crippen LogP contribution < -0.4 is 5.32 Å². The first kappa shape index (κ1) is 19.9. The molecule has 0 radical (unpaired) electrons. The second kappa shape index (κ2) is 7.89. The minimum atomic E-state index is -0.961. The van der Waals surface area contributed by atoms with E-state index in [0.29, 0.717) is 5.16 Å². The quantitative estimate of drug-likeness (QED) is 0.179. The third-order valence-electron chi connectivity index (χ3n) is 4.87. The zero-order chi connectivity index (χ0) is 22.2. The number of thioether (sulfide) groups is 1. The summed E-state index contributed by atoms with van der Waals surface area (Å²) >= 11 is 1.22. The van der Waals surface area contributed by atoms with Gasteiger partial charge in [0.25, 0.3) is 0 Å². The molecule has 5 rings (SSSR count). The number of imidazole rings is 1. The maximum absolute atomic E-state index is 13.5. The summed E-state index contributed by atoms with van der Waals surface area (Å²) in [5.41, 5.74) is 2.64. The minimum Gasteiger partial charge on any atom is -0.325 e. The van der Waals surface area contributed by atoms with Gasteiger partial charge in [-0.25, -0.2) is 9.97 Å². The highest BCUT2D eigenvalue weighted by atomic mass is 32.2. The number of carbonyl (C=O) groups excluding carboxylic acids is 1. The predicted octanol–water partition coefficient (Wildman–Crippen LogP) is 4.81. The molecule has 0 spiro atoms. The maximum Gasteiger partial charge on any atom is 0.306 e. The summed E-state index contributed by atoms with van der Waals surface area (Å²) in [6.45, 7) is 0. The molecular formula is C22H14FN5O3S. The first-order valence-corrected chi connectivity index (χ1v) is 10.5. The Hall–Kier alpha value is -4.05. The van der Waals surface area contributed by atoms with Gasteiger partial charge in [0.15, 0.2) is 5.16 Å². The van der Waals surface area contributed by atoms with Crippen LogP contribution in [0.4, 0.5) is 15.8 Å². The van der Waals surface area contributed by atoms with Crippen molar-refractivity contribution in [2.45, 2.75) is 5.16 Å². The highest BCUT2D eigenvalue weighted by Gasteiger charge is 2.17. The van der Waals surface area contributed by atoms with Crippen LogP contribution in [0.5, 0.6) is 0 Å². The number of amides is 1. The number of nitrogens with one attached hydrogen (secondary N) is 1. The van der Waals surface area contributed by atoms with E-state index in [2.05, 4.69) is 5.32 Å². The maximum atomic E-state index is 13.5. The average molecular weight is 447 g/mol. The number of rotatable bonds is 5. The molecule has 0 atom stereocenters. The molecule has 32 heavy (non-hydrogen) atoms. The number of nitro benzene ring substituents is 1. The van der Waals surface area contributed by atoms with Gasteiger partial charge in [-0.15, -0.1) is 0 Å². The zero-order valence-electron chi connectivity index (χ0n) is 16.4. The van der Waals surface area contributed by atoms with Crippen LogP contribution in [0.1, 0.15) is 0 Å². The first-order chi connectivity index (χ1) is 15.5. The lowest BCUT2D eigenvalue weighted by Gasteiger charge is -2.09. The molecule has 0 bridgehead atoms. The van der Waals surface area contributed by atoms with E-state index in [1.165, 1.54) is 17.8 Å². The minimum absolute atomic E-state index is 0.00186. The SMILES string of the molecule is O=C(CSc1nc2ccccc2c2nc3ccccc3n12)Nc1ccc(F)c([N+](=O)[O-])c1. The van der Waals surface area contributed by atoms with Crippen molar-refractivity contribution in [1.29, 1.82) is 0 Å². The van der Waals surface area contributed by atoms with Gasteiger partial charge in [0.2, 0.25) is 11.7 Å². The molecule has 0 aliphatic heterocycles. The third-order valence-corrected chi connectivity index (χ3v) is 5.81. The molecule has 5 aromatic rings. The van der Waals surface area contributed by atoms with Crippen LogP contribution in [0.15, 0.2) is 71.9 Å². The van der Waals surface area contributed by atoms with E-state index >= 15 is 0 Å². The van der Waals surface area contributed by atoms with Gasteiger partial charge in [0, 0.05) is 17.1 Å².